The predicted octanol–water partition coefficient (Wildman–Crippen LogP) is 2.78. The summed E-state index contributed by atoms with van der Waals surface area (Å²) in [5, 5.41) is 12.4. The van der Waals surface area contributed by atoms with Gasteiger partial charge in [-0.05, 0) is 23.3 Å². The lowest BCUT2D eigenvalue weighted by Crippen LogP contribution is -2.26. The summed E-state index contributed by atoms with van der Waals surface area (Å²) in [5.41, 5.74) is 1.17. The molecule has 0 spiro atoms. The fourth-order valence-corrected chi connectivity index (χ4v) is 2.02. The van der Waals surface area contributed by atoms with Gasteiger partial charge in [-0.1, -0.05) is 42.5 Å². The van der Waals surface area contributed by atoms with Crippen molar-refractivity contribution in [3.8, 4) is 0 Å². The maximum Gasteiger partial charge on any atom is 0.0839 e. The topological polar surface area (TPSA) is 29.5 Å². The van der Waals surface area contributed by atoms with E-state index in [4.69, 9.17) is 4.74 Å². The van der Waals surface area contributed by atoms with Crippen molar-refractivity contribution in [2.24, 2.45) is 0 Å². The van der Waals surface area contributed by atoms with Crippen LogP contribution in [0.4, 0.5) is 0 Å². The molecule has 0 aliphatic rings. The Morgan fingerprint density at radius 2 is 1.82 bits per heavy atom. The third-order valence-electron chi connectivity index (χ3n) is 3.22. The zero-order valence-electron chi connectivity index (χ0n) is 10.3. The molecule has 2 aromatic carbocycles. The standard InChI is InChI=1S/C15H18O2/c1-11(17-2)15(16)10-13-8-5-7-12-6-3-4-9-14(12)13/h3-9,11,15-16H,10H2,1-2H3. The van der Waals surface area contributed by atoms with Crippen LogP contribution in [0.25, 0.3) is 10.8 Å². The molecule has 0 amide bonds. The first kappa shape index (κ1) is 12.1. The maximum atomic E-state index is 10.0. The van der Waals surface area contributed by atoms with Gasteiger partial charge < -0.3 is 9.84 Å². The molecule has 0 saturated carbocycles. The van der Waals surface area contributed by atoms with Crippen LogP contribution in [0.1, 0.15) is 12.5 Å². The lowest BCUT2D eigenvalue weighted by molar-refractivity contribution is 0.000561. The second kappa shape index (κ2) is 5.30. The molecule has 0 fully saturated rings. The molecule has 0 radical (unpaired) electrons. The van der Waals surface area contributed by atoms with Crippen LogP contribution in [0.5, 0.6) is 0 Å². The number of ether oxygens (including phenoxy) is 1. The van der Waals surface area contributed by atoms with E-state index in [1.165, 1.54) is 16.3 Å². The van der Waals surface area contributed by atoms with E-state index in [1.807, 2.05) is 25.1 Å². The summed E-state index contributed by atoms with van der Waals surface area (Å²) in [6, 6.07) is 14.4. The van der Waals surface area contributed by atoms with Crippen LogP contribution < -0.4 is 0 Å². The number of fused-ring (bicyclic) bond motifs is 1. The van der Waals surface area contributed by atoms with Crippen LogP contribution in [0.3, 0.4) is 0 Å². The van der Waals surface area contributed by atoms with Crippen LogP contribution in [-0.2, 0) is 11.2 Å². The second-order valence-corrected chi connectivity index (χ2v) is 4.35. The molecular formula is C15H18O2. The first-order valence-electron chi connectivity index (χ1n) is 5.90. The zero-order chi connectivity index (χ0) is 12.3. The summed E-state index contributed by atoms with van der Waals surface area (Å²) >= 11 is 0. The predicted molar refractivity (Wildman–Crippen MR) is 70.1 cm³/mol. The van der Waals surface area contributed by atoms with E-state index in [0.29, 0.717) is 6.42 Å². The summed E-state index contributed by atoms with van der Waals surface area (Å²) in [5.74, 6) is 0. The number of aliphatic hydroxyl groups is 1. The Morgan fingerprint density at radius 1 is 1.12 bits per heavy atom. The van der Waals surface area contributed by atoms with Gasteiger partial charge in [0.25, 0.3) is 0 Å². The normalized spacial score (nSPS) is 14.8. The Bertz CT molecular complexity index is 488. The highest BCUT2D eigenvalue weighted by molar-refractivity contribution is 5.85. The molecule has 0 aliphatic carbocycles. The van der Waals surface area contributed by atoms with E-state index < -0.39 is 6.10 Å². The fraction of sp³-hybridized carbons (Fsp3) is 0.333. The van der Waals surface area contributed by atoms with Crippen molar-refractivity contribution in [3.05, 3.63) is 48.0 Å². The molecule has 0 aliphatic heterocycles. The lowest BCUT2D eigenvalue weighted by Gasteiger charge is -2.18. The Kier molecular flexibility index (Phi) is 3.77. The molecule has 2 atom stereocenters. The summed E-state index contributed by atoms with van der Waals surface area (Å²) in [6.45, 7) is 1.88. The molecule has 90 valence electrons. The van der Waals surface area contributed by atoms with Crippen molar-refractivity contribution in [1.29, 1.82) is 0 Å². The van der Waals surface area contributed by atoms with Gasteiger partial charge in [-0.25, -0.2) is 0 Å². The number of methoxy groups -OCH3 is 1. The molecule has 2 nitrogen and oxygen atoms in total. The first-order chi connectivity index (χ1) is 8.22. The number of benzene rings is 2. The quantitative estimate of drug-likeness (QED) is 0.875. The van der Waals surface area contributed by atoms with Crippen LogP contribution in [-0.4, -0.2) is 24.4 Å². The van der Waals surface area contributed by atoms with Gasteiger partial charge in [-0.15, -0.1) is 0 Å². The van der Waals surface area contributed by atoms with Gasteiger partial charge in [0.1, 0.15) is 0 Å². The van der Waals surface area contributed by atoms with Gasteiger partial charge in [-0.3, -0.25) is 0 Å². The minimum absolute atomic E-state index is 0.144. The average Bonchev–Trinajstić information content (AvgIpc) is 2.38. The molecule has 2 unspecified atom stereocenters. The van der Waals surface area contributed by atoms with Crippen molar-refractivity contribution < 1.29 is 9.84 Å². The van der Waals surface area contributed by atoms with Gasteiger partial charge in [0.05, 0.1) is 12.2 Å². The Balaban J connectivity index is 2.30. The van der Waals surface area contributed by atoms with E-state index in [9.17, 15) is 5.11 Å². The van der Waals surface area contributed by atoms with Crippen LogP contribution in [0.2, 0.25) is 0 Å². The molecule has 0 bridgehead atoms. The molecule has 2 rings (SSSR count). The van der Waals surface area contributed by atoms with E-state index in [1.54, 1.807) is 7.11 Å². The molecule has 2 heteroatoms. The van der Waals surface area contributed by atoms with E-state index >= 15 is 0 Å². The second-order valence-electron chi connectivity index (χ2n) is 4.35. The molecular weight excluding hydrogens is 212 g/mol. The van der Waals surface area contributed by atoms with E-state index in [-0.39, 0.29) is 6.10 Å². The molecule has 0 heterocycles. The minimum Gasteiger partial charge on any atom is -0.390 e. The number of hydrogen-bond acceptors (Lipinski definition) is 2. The van der Waals surface area contributed by atoms with Crippen molar-refractivity contribution in [3.63, 3.8) is 0 Å². The van der Waals surface area contributed by atoms with Gasteiger partial charge >= 0.3 is 0 Å². The number of rotatable bonds is 4. The third kappa shape index (κ3) is 2.65. The van der Waals surface area contributed by atoms with Crippen LogP contribution in [0.15, 0.2) is 42.5 Å². The van der Waals surface area contributed by atoms with Crippen molar-refractivity contribution in [2.75, 3.05) is 7.11 Å². The van der Waals surface area contributed by atoms with Crippen molar-refractivity contribution in [1.82, 2.24) is 0 Å². The molecule has 17 heavy (non-hydrogen) atoms. The Labute approximate surface area is 102 Å². The SMILES string of the molecule is COC(C)C(O)Cc1cccc2ccccc12. The first-order valence-corrected chi connectivity index (χ1v) is 5.90. The molecule has 0 saturated heterocycles. The summed E-state index contributed by atoms with van der Waals surface area (Å²) < 4.78 is 5.15. The monoisotopic (exact) mass is 230 g/mol. The summed E-state index contributed by atoms with van der Waals surface area (Å²) in [6.07, 6.45) is 0.0101. The largest absolute Gasteiger partial charge is 0.390 e. The highest BCUT2D eigenvalue weighted by atomic mass is 16.5. The highest BCUT2D eigenvalue weighted by Crippen LogP contribution is 2.20. The number of hydrogen-bond donors (Lipinski definition) is 1. The Hall–Kier alpha value is -1.38. The molecule has 2 aromatic rings. The van der Waals surface area contributed by atoms with Crippen LogP contribution >= 0.6 is 0 Å². The van der Waals surface area contributed by atoms with E-state index in [0.717, 1.165) is 0 Å². The summed E-state index contributed by atoms with van der Waals surface area (Å²) in [7, 11) is 1.62. The van der Waals surface area contributed by atoms with Crippen LogP contribution in [0, 0.1) is 0 Å². The minimum atomic E-state index is -0.467. The van der Waals surface area contributed by atoms with Gasteiger partial charge in [0, 0.05) is 13.5 Å². The maximum absolute atomic E-state index is 10.0. The van der Waals surface area contributed by atoms with Gasteiger partial charge in [0.15, 0.2) is 0 Å². The van der Waals surface area contributed by atoms with Crippen molar-refractivity contribution in [2.45, 2.75) is 25.6 Å². The fourth-order valence-electron chi connectivity index (χ4n) is 2.02. The highest BCUT2D eigenvalue weighted by Gasteiger charge is 2.14. The van der Waals surface area contributed by atoms with Gasteiger partial charge in [-0.2, -0.15) is 0 Å². The third-order valence-corrected chi connectivity index (χ3v) is 3.22. The smallest absolute Gasteiger partial charge is 0.0839 e. The van der Waals surface area contributed by atoms with E-state index in [2.05, 4.69) is 24.3 Å². The lowest BCUT2D eigenvalue weighted by atomic mass is 9.98. The molecule has 0 aromatic heterocycles. The summed E-state index contributed by atoms with van der Waals surface area (Å²) in [4.78, 5) is 0. The zero-order valence-corrected chi connectivity index (χ0v) is 10.3. The average molecular weight is 230 g/mol. The van der Waals surface area contributed by atoms with Crippen molar-refractivity contribution >= 4 is 10.8 Å². The van der Waals surface area contributed by atoms with Gasteiger partial charge in [0.2, 0.25) is 0 Å². The molecule has 1 N–H and O–H groups in total. The number of aliphatic hydroxyl groups excluding tert-OH is 1. The Morgan fingerprint density at radius 3 is 2.59 bits per heavy atom.